The van der Waals surface area contributed by atoms with Crippen molar-refractivity contribution in [1.29, 1.82) is 0 Å². The second-order valence-electron chi connectivity index (χ2n) is 7.69. The molecule has 0 aliphatic carbocycles. The highest BCUT2D eigenvalue weighted by Gasteiger charge is 2.36. The van der Waals surface area contributed by atoms with Crippen LogP contribution in [0.3, 0.4) is 0 Å². The lowest BCUT2D eigenvalue weighted by Gasteiger charge is -2.22. The molecule has 2 aromatic carbocycles. The Morgan fingerprint density at radius 2 is 1.76 bits per heavy atom. The fraction of sp³-hybridized carbons (Fsp3) is 0.417. The van der Waals surface area contributed by atoms with Crippen molar-refractivity contribution in [2.75, 3.05) is 16.8 Å². The van der Waals surface area contributed by atoms with E-state index in [1.54, 1.807) is 4.90 Å². The maximum absolute atomic E-state index is 13.0. The monoisotopic (exact) mass is 394 g/mol. The van der Waals surface area contributed by atoms with Gasteiger partial charge >= 0.3 is 0 Å². The second kappa shape index (κ2) is 9.12. The molecule has 3 rings (SSSR count). The number of carbonyl (C=O) groups is 2. The second-order valence-corrected chi connectivity index (χ2v) is 7.69. The Labute approximate surface area is 173 Å². The molecule has 0 bridgehead atoms. The van der Waals surface area contributed by atoms with Crippen molar-refractivity contribution in [3.63, 3.8) is 0 Å². The van der Waals surface area contributed by atoms with Gasteiger partial charge in [-0.1, -0.05) is 44.2 Å². The molecule has 1 N–H and O–H groups in total. The summed E-state index contributed by atoms with van der Waals surface area (Å²) in [5, 5.41) is 3.11. The number of benzene rings is 2. The van der Waals surface area contributed by atoms with Crippen LogP contribution in [0.25, 0.3) is 0 Å². The van der Waals surface area contributed by atoms with E-state index < -0.39 is 0 Å². The molecule has 0 radical (unpaired) electrons. The van der Waals surface area contributed by atoms with E-state index in [0.29, 0.717) is 12.3 Å². The highest BCUT2D eigenvalue weighted by atomic mass is 16.5. The zero-order valence-electron chi connectivity index (χ0n) is 17.7. The van der Waals surface area contributed by atoms with Gasteiger partial charge in [-0.15, -0.1) is 0 Å². The molecule has 5 nitrogen and oxygen atoms in total. The summed E-state index contributed by atoms with van der Waals surface area (Å²) in [7, 11) is 0. The van der Waals surface area contributed by atoms with Crippen molar-refractivity contribution in [3.8, 4) is 5.75 Å². The van der Waals surface area contributed by atoms with E-state index in [0.717, 1.165) is 35.3 Å². The van der Waals surface area contributed by atoms with E-state index in [9.17, 15) is 9.59 Å². The largest absolute Gasteiger partial charge is 0.489 e. The Bertz CT molecular complexity index is 869. The van der Waals surface area contributed by atoms with Gasteiger partial charge in [0.25, 0.3) is 0 Å². The fourth-order valence-electron chi connectivity index (χ4n) is 3.78. The molecule has 1 atom stereocenters. The maximum Gasteiger partial charge on any atom is 0.229 e. The number of amides is 2. The van der Waals surface area contributed by atoms with Gasteiger partial charge in [-0.05, 0) is 49.9 Å². The minimum absolute atomic E-state index is 0.00552. The SMILES string of the molecule is CCc1cccc(CC)c1NC(=O)C1CC(=O)N(c2ccccc2OC(C)C)C1. The van der Waals surface area contributed by atoms with E-state index >= 15 is 0 Å². The molecule has 0 saturated carbocycles. The molecular formula is C24H30N2O3. The predicted octanol–water partition coefficient (Wildman–Crippen LogP) is 4.59. The third-order valence-electron chi connectivity index (χ3n) is 5.26. The number of aryl methyl sites for hydroxylation is 2. The fourth-order valence-corrected chi connectivity index (χ4v) is 3.78. The van der Waals surface area contributed by atoms with Crippen LogP contribution in [-0.2, 0) is 22.4 Å². The summed E-state index contributed by atoms with van der Waals surface area (Å²) in [6.07, 6.45) is 1.90. The number of rotatable bonds is 7. The van der Waals surface area contributed by atoms with E-state index in [1.165, 1.54) is 0 Å². The molecule has 154 valence electrons. The number of nitrogens with one attached hydrogen (secondary N) is 1. The number of para-hydroxylation sites is 3. The third kappa shape index (κ3) is 4.61. The number of nitrogens with zero attached hydrogens (tertiary/aromatic N) is 1. The summed E-state index contributed by atoms with van der Waals surface area (Å²) in [5.41, 5.74) is 3.87. The first-order chi connectivity index (χ1) is 13.9. The van der Waals surface area contributed by atoms with Gasteiger partial charge in [-0.25, -0.2) is 0 Å². The quantitative estimate of drug-likeness (QED) is 0.747. The van der Waals surface area contributed by atoms with Gasteiger partial charge in [-0.2, -0.15) is 0 Å². The first-order valence-corrected chi connectivity index (χ1v) is 10.4. The van der Waals surface area contributed by atoms with Crippen LogP contribution in [0.4, 0.5) is 11.4 Å². The zero-order valence-corrected chi connectivity index (χ0v) is 17.7. The van der Waals surface area contributed by atoms with Gasteiger partial charge in [0.05, 0.1) is 17.7 Å². The van der Waals surface area contributed by atoms with E-state index in [-0.39, 0.29) is 30.3 Å². The molecule has 1 heterocycles. The third-order valence-corrected chi connectivity index (χ3v) is 5.26. The summed E-state index contributed by atoms with van der Waals surface area (Å²) in [5.74, 6) is 0.133. The molecule has 1 unspecified atom stereocenters. The summed E-state index contributed by atoms with van der Waals surface area (Å²) < 4.78 is 5.86. The molecule has 1 fully saturated rings. The standard InChI is InChI=1S/C24H30N2O3/c1-5-17-10-9-11-18(6-2)23(17)25-24(28)19-14-22(27)26(15-19)20-12-7-8-13-21(20)29-16(3)4/h7-13,16,19H,5-6,14-15H2,1-4H3,(H,25,28). The summed E-state index contributed by atoms with van der Waals surface area (Å²) >= 11 is 0. The van der Waals surface area contributed by atoms with Crippen molar-refractivity contribution in [2.24, 2.45) is 5.92 Å². The van der Waals surface area contributed by atoms with Crippen LogP contribution in [0.5, 0.6) is 5.75 Å². The first kappa shape index (κ1) is 20.9. The van der Waals surface area contributed by atoms with Gasteiger partial charge in [0.2, 0.25) is 11.8 Å². The molecular weight excluding hydrogens is 364 g/mol. The maximum atomic E-state index is 13.0. The van der Waals surface area contributed by atoms with Crippen molar-refractivity contribution < 1.29 is 14.3 Å². The van der Waals surface area contributed by atoms with Crippen molar-refractivity contribution in [3.05, 3.63) is 53.6 Å². The lowest BCUT2D eigenvalue weighted by atomic mass is 10.0. The molecule has 0 spiro atoms. The Hall–Kier alpha value is -2.82. The van der Waals surface area contributed by atoms with Crippen LogP contribution in [-0.4, -0.2) is 24.5 Å². The predicted molar refractivity (Wildman–Crippen MR) is 116 cm³/mol. The average molecular weight is 395 g/mol. The Morgan fingerprint density at radius 3 is 2.38 bits per heavy atom. The minimum atomic E-state index is -0.385. The topological polar surface area (TPSA) is 58.6 Å². The van der Waals surface area contributed by atoms with Gasteiger partial charge in [0.1, 0.15) is 5.75 Å². The van der Waals surface area contributed by atoms with Crippen molar-refractivity contribution >= 4 is 23.2 Å². The molecule has 2 aromatic rings. The van der Waals surface area contributed by atoms with Gasteiger partial charge in [0.15, 0.2) is 0 Å². The van der Waals surface area contributed by atoms with Crippen LogP contribution < -0.4 is 15.0 Å². The molecule has 2 amide bonds. The molecule has 0 aromatic heterocycles. The van der Waals surface area contributed by atoms with Crippen LogP contribution in [0.2, 0.25) is 0 Å². The van der Waals surface area contributed by atoms with Gasteiger partial charge in [-0.3, -0.25) is 9.59 Å². The lowest BCUT2D eigenvalue weighted by Crippen LogP contribution is -2.29. The Balaban J connectivity index is 1.79. The van der Waals surface area contributed by atoms with Crippen molar-refractivity contribution in [2.45, 2.75) is 53.1 Å². The van der Waals surface area contributed by atoms with E-state index in [4.69, 9.17) is 4.74 Å². The average Bonchev–Trinajstić information content (AvgIpc) is 3.09. The number of carbonyl (C=O) groups excluding carboxylic acids is 2. The minimum Gasteiger partial charge on any atom is -0.489 e. The number of anilines is 2. The Morgan fingerprint density at radius 1 is 1.10 bits per heavy atom. The normalized spacial score (nSPS) is 16.4. The van der Waals surface area contributed by atoms with Gasteiger partial charge in [0, 0.05) is 18.7 Å². The van der Waals surface area contributed by atoms with E-state index in [2.05, 4.69) is 19.2 Å². The Kier molecular flexibility index (Phi) is 6.57. The zero-order chi connectivity index (χ0) is 21.0. The molecule has 1 aliphatic rings. The summed E-state index contributed by atoms with van der Waals surface area (Å²) in [6.45, 7) is 8.43. The summed E-state index contributed by atoms with van der Waals surface area (Å²) in [6, 6.07) is 13.6. The highest BCUT2D eigenvalue weighted by Crippen LogP contribution is 2.34. The van der Waals surface area contributed by atoms with Crippen molar-refractivity contribution in [1.82, 2.24) is 0 Å². The lowest BCUT2D eigenvalue weighted by molar-refractivity contribution is -0.122. The molecule has 1 saturated heterocycles. The first-order valence-electron chi connectivity index (χ1n) is 10.4. The van der Waals surface area contributed by atoms with Gasteiger partial charge < -0.3 is 15.0 Å². The van der Waals surface area contributed by atoms with Crippen LogP contribution in [0, 0.1) is 5.92 Å². The molecule has 1 aliphatic heterocycles. The summed E-state index contributed by atoms with van der Waals surface area (Å²) in [4.78, 5) is 27.4. The van der Waals surface area contributed by atoms with Crippen LogP contribution in [0.15, 0.2) is 42.5 Å². The highest BCUT2D eigenvalue weighted by molar-refractivity contribution is 6.04. The van der Waals surface area contributed by atoms with Crippen LogP contribution in [0.1, 0.15) is 45.2 Å². The number of hydrogen-bond donors (Lipinski definition) is 1. The van der Waals surface area contributed by atoms with E-state index in [1.807, 2.05) is 56.3 Å². The smallest absolute Gasteiger partial charge is 0.229 e. The number of hydrogen-bond acceptors (Lipinski definition) is 3. The molecule has 29 heavy (non-hydrogen) atoms. The number of ether oxygens (including phenoxy) is 1. The van der Waals surface area contributed by atoms with Crippen LogP contribution >= 0.6 is 0 Å². The molecule has 5 heteroatoms.